The lowest BCUT2D eigenvalue weighted by Crippen LogP contribution is -2.45. The Balaban J connectivity index is 2.85. The number of hydrogen-bond donors (Lipinski definition) is 0. The van der Waals surface area contributed by atoms with Crippen molar-refractivity contribution in [3.63, 3.8) is 0 Å². The monoisotopic (exact) mass is 421 g/mol. The van der Waals surface area contributed by atoms with Crippen LogP contribution in [0, 0.1) is 0 Å². The smallest absolute Gasteiger partial charge is 0.421 e. The van der Waals surface area contributed by atoms with E-state index in [4.69, 9.17) is 20.8 Å². The second kappa shape index (κ2) is 7.27. The van der Waals surface area contributed by atoms with Gasteiger partial charge in [-0.1, -0.05) is 45.0 Å². The van der Waals surface area contributed by atoms with Crippen LogP contribution in [0.4, 0.5) is 4.79 Å². The zero-order valence-electron chi connectivity index (χ0n) is 18.5. The van der Waals surface area contributed by atoms with Crippen LogP contribution < -0.4 is 4.43 Å². The third kappa shape index (κ3) is 4.46. The number of fused-ring (bicyclic) bond motifs is 1. The molecule has 6 heteroatoms. The van der Waals surface area contributed by atoms with E-state index in [-0.39, 0.29) is 5.04 Å². The van der Waals surface area contributed by atoms with Crippen molar-refractivity contribution in [2.45, 2.75) is 72.2 Å². The first-order valence-corrected chi connectivity index (χ1v) is 12.8. The maximum absolute atomic E-state index is 13.2. The highest BCUT2D eigenvalue weighted by Gasteiger charge is 2.41. The number of aromatic nitrogens is 1. The standard InChI is InChI=1S/C22H32ClNO3Si/c1-14(2)18-16-12-11-15(23)13-17(16)24(20(25)26-21(3,4)5)19(18)27-28(9,10)22(6,7)8/h11-13H,1H2,2-10H3. The van der Waals surface area contributed by atoms with Gasteiger partial charge in [-0.2, -0.15) is 0 Å². The van der Waals surface area contributed by atoms with E-state index < -0.39 is 20.0 Å². The Bertz CT molecular complexity index is 930. The molecule has 0 radical (unpaired) electrons. The minimum atomic E-state index is -2.24. The first-order valence-electron chi connectivity index (χ1n) is 9.47. The lowest BCUT2D eigenvalue weighted by atomic mass is 10.1. The highest BCUT2D eigenvalue weighted by Crippen LogP contribution is 2.43. The summed E-state index contributed by atoms with van der Waals surface area (Å²) in [5.41, 5.74) is 1.67. The molecule has 0 fully saturated rings. The summed E-state index contributed by atoms with van der Waals surface area (Å²) >= 11 is 6.26. The summed E-state index contributed by atoms with van der Waals surface area (Å²) in [5.74, 6) is 0.491. The normalized spacial score (nSPS) is 12.9. The van der Waals surface area contributed by atoms with Crippen molar-refractivity contribution >= 4 is 42.5 Å². The van der Waals surface area contributed by atoms with E-state index in [2.05, 4.69) is 40.4 Å². The van der Waals surface area contributed by atoms with Crippen LogP contribution in [0.2, 0.25) is 23.2 Å². The van der Waals surface area contributed by atoms with Crippen molar-refractivity contribution in [3.8, 4) is 5.88 Å². The Hall–Kier alpha value is -1.72. The number of allylic oxidation sites excluding steroid dienone is 1. The van der Waals surface area contributed by atoms with E-state index >= 15 is 0 Å². The van der Waals surface area contributed by atoms with Gasteiger partial charge in [0.1, 0.15) is 5.60 Å². The largest absolute Gasteiger partial charge is 0.531 e. The summed E-state index contributed by atoms with van der Waals surface area (Å²) in [5, 5.41) is 1.38. The summed E-state index contributed by atoms with van der Waals surface area (Å²) in [7, 11) is -2.24. The second-order valence-corrected chi connectivity index (χ2v) is 15.0. The van der Waals surface area contributed by atoms with E-state index in [0.29, 0.717) is 16.4 Å². The van der Waals surface area contributed by atoms with Crippen LogP contribution in [0.3, 0.4) is 0 Å². The minimum Gasteiger partial charge on any atom is -0.531 e. The van der Waals surface area contributed by atoms with Gasteiger partial charge in [-0.05, 0) is 63.5 Å². The van der Waals surface area contributed by atoms with Gasteiger partial charge in [-0.25, -0.2) is 9.36 Å². The van der Waals surface area contributed by atoms with Gasteiger partial charge in [-0.15, -0.1) is 0 Å². The highest BCUT2D eigenvalue weighted by molar-refractivity contribution is 6.74. The number of carbonyl (C=O) groups excluding carboxylic acids is 1. The zero-order valence-corrected chi connectivity index (χ0v) is 20.2. The molecule has 0 aliphatic heterocycles. The van der Waals surface area contributed by atoms with Gasteiger partial charge < -0.3 is 9.16 Å². The third-order valence-corrected chi connectivity index (χ3v) is 9.60. The average molecular weight is 422 g/mol. The van der Waals surface area contributed by atoms with Crippen LogP contribution in [0.1, 0.15) is 54.0 Å². The predicted molar refractivity (Wildman–Crippen MR) is 121 cm³/mol. The van der Waals surface area contributed by atoms with Crippen LogP contribution in [0.15, 0.2) is 24.8 Å². The average Bonchev–Trinajstić information content (AvgIpc) is 2.76. The Labute approximate surface area is 174 Å². The maximum Gasteiger partial charge on any atom is 0.421 e. The summed E-state index contributed by atoms with van der Waals surface area (Å²) in [6, 6.07) is 5.48. The number of carbonyl (C=O) groups is 1. The fourth-order valence-electron chi connectivity index (χ4n) is 2.63. The molecule has 2 aromatic rings. The number of benzene rings is 1. The van der Waals surface area contributed by atoms with E-state index in [1.54, 1.807) is 6.07 Å². The molecule has 1 aromatic carbocycles. The molecular formula is C22H32ClNO3Si. The summed E-state index contributed by atoms with van der Waals surface area (Å²) in [4.78, 5) is 13.2. The molecule has 0 atom stereocenters. The Morgan fingerprint density at radius 3 is 2.18 bits per heavy atom. The quantitative estimate of drug-likeness (QED) is 0.481. The number of hydrogen-bond acceptors (Lipinski definition) is 3. The lowest BCUT2D eigenvalue weighted by Gasteiger charge is -2.37. The Morgan fingerprint density at radius 1 is 1.14 bits per heavy atom. The van der Waals surface area contributed by atoms with Gasteiger partial charge in [0.15, 0.2) is 5.88 Å². The molecule has 154 valence electrons. The summed E-state index contributed by atoms with van der Waals surface area (Å²) in [6.45, 7) is 22.4. The van der Waals surface area contributed by atoms with Crippen LogP contribution in [-0.2, 0) is 4.74 Å². The third-order valence-electron chi connectivity index (χ3n) is 5.05. The molecule has 2 rings (SSSR count). The predicted octanol–water partition coefficient (Wildman–Crippen LogP) is 7.50. The number of ether oxygens (including phenoxy) is 1. The molecule has 28 heavy (non-hydrogen) atoms. The molecule has 0 saturated carbocycles. The van der Waals surface area contributed by atoms with Crippen molar-refractivity contribution in [2.75, 3.05) is 0 Å². The van der Waals surface area contributed by atoms with Crippen molar-refractivity contribution in [1.82, 2.24) is 4.57 Å². The number of halogens is 1. The van der Waals surface area contributed by atoms with Crippen molar-refractivity contribution in [3.05, 3.63) is 35.4 Å². The van der Waals surface area contributed by atoms with E-state index in [1.807, 2.05) is 39.8 Å². The first kappa shape index (κ1) is 22.6. The fourth-order valence-corrected chi connectivity index (χ4v) is 3.78. The van der Waals surface area contributed by atoms with Crippen LogP contribution >= 0.6 is 11.6 Å². The Kier molecular flexibility index (Phi) is 5.86. The SMILES string of the molecule is C=C(C)c1c(O[Si](C)(C)C(C)(C)C)n(C(=O)OC(C)(C)C)c2cc(Cl)ccc12. The molecule has 0 aliphatic rings. The van der Waals surface area contributed by atoms with Crippen molar-refractivity contribution in [2.24, 2.45) is 0 Å². The van der Waals surface area contributed by atoms with Gasteiger partial charge in [0.25, 0.3) is 8.32 Å². The van der Waals surface area contributed by atoms with Crippen molar-refractivity contribution < 1.29 is 14.0 Å². The molecule has 0 spiro atoms. The molecule has 1 aromatic heterocycles. The van der Waals surface area contributed by atoms with Crippen molar-refractivity contribution in [1.29, 1.82) is 0 Å². The van der Waals surface area contributed by atoms with Gasteiger partial charge in [0.05, 0.1) is 5.52 Å². The molecular weight excluding hydrogens is 390 g/mol. The summed E-state index contributed by atoms with van der Waals surface area (Å²) in [6.07, 6.45) is -0.485. The minimum absolute atomic E-state index is 0.0355. The van der Waals surface area contributed by atoms with Crippen LogP contribution in [0.5, 0.6) is 5.88 Å². The van der Waals surface area contributed by atoms with Gasteiger partial charge in [0.2, 0.25) is 0 Å². The van der Waals surface area contributed by atoms with Gasteiger partial charge in [-0.3, -0.25) is 0 Å². The highest BCUT2D eigenvalue weighted by atomic mass is 35.5. The molecule has 0 bridgehead atoms. The van der Waals surface area contributed by atoms with E-state index in [1.165, 1.54) is 4.57 Å². The summed E-state index contributed by atoms with van der Waals surface area (Å²) < 4.78 is 13.9. The second-order valence-electron chi connectivity index (χ2n) is 9.80. The molecule has 0 aliphatic carbocycles. The van der Waals surface area contributed by atoms with Gasteiger partial charge >= 0.3 is 6.09 Å². The molecule has 1 heterocycles. The fraction of sp³-hybridized carbons (Fsp3) is 0.500. The van der Waals surface area contributed by atoms with E-state index in [9.17, 15) is 4.79 Å². The molecule has 4 nitrogen and oxygen atoms in total. The topological polar surface area (TPSA) is 40.5 Å². The molecule has 0 N–H and O–H groups in total. The lowest BCUT2D eigenvalue weighted by molar-refractivity contribution is 0.0536. The number of rotatable bonds is 3. The van der Waals surface area contributed by atoms with E-state index in [0.717, 1.165) is 16.5 Å². The van der Waals surface area contributed by atoms with Crippen LogP contribution in [-0.4, -0.2) is 24.6 Å². The Morgan fingerprint density at radius 2 is 1.71 bits per heavy atom. The molecule has 0 saturated heterocycles. The number of nitrogens with zero attached hydrogens (tertiary/aromatic N) is 1. The van der Waals surface area contributed by atoms with Crippen LogP contribution in [0.25, 0.3) is 16.5 Å². The molecule has 0 amide bonds. The maximum atomic E-state index is 13.2. The first-order chi connectivity index (χ1) is 12.5. The molecule has 0 unspecified atom stereocenters. The van der Waals surface area contributed by atoms with Gasteiger partial charge in [0, 0.05) is 16.0 Å². The zero-order chi connectivity index (χ0) is 21.7.